The zero-order valence-electron chi connectivity index (χ0n) is 11.8. The maximum absolute atomic E-state index is 12.7. The van der Waals surface area contributed by atoms with E-state index < -0.39 is 0 Å². The van der Waals surface area contributed by atoms with E-state index in [-0.39, 0.29) is 11.9 Å². The van der Waals surface area contributed by atoms with E-state index in [0.717, 1.165) is 25.1 Å². The molecule has 2 aromatic rings. The monoisotopic (exact) mass is 304 g/mol. The van der Waals surface area contributed by atoms with E-state index in [9.17, 15) is 4.79 Å². The van der Waals surface area contributed by atoms with Gasteiger partial charge in [0.1, 0.15) is 0 Å². The molecular weight excluding hydrogens is 288 g/mol. The van der Waals surface area contributed by atoms with Gasteiger partial charge in [-0.1, -0.05) is 29.8 Å². The van der Waals surface area contributed by atoms with Crippen LogP contribution in [-0.2, 0) is 0 Å². The second-order valence-electron chi connectivity index (χ2n) is 5.20. The third-order valence-corrected chi connectivity index (χ3v) is 4.24. The molecule has 1 aliphatic rings. The van der Waals surface area contributed by atoms with Crippen molar-refractivity contribution in [2.24, 2.45) is 0 Å². The van der Waals surface area contributed by atoms with E-state index >= 15 is 0 Å². The molecule has 0 bridgehead atoms. The van der Waals surface area contributed by atoms with Crippen molar-refractivity contribution in [2.75, 3.05) is 20.1 Å². The lowest BCUT2D eigenvalue weighted by molar-refractivity contribution is 0.0744. The van der Waals surface area contributed by atoms with Gasteiger partial charge in [0.05, 0.1) is 17.5 Å². The van der Waals surface area contributed by atoms with Gasteiger partial charge in [-0.05, 0) is 19.0 Å². The average molecular weight is 305 g/mol. The number of hydrogen-bond acceptors (Lipinski definition) is 3. The molecule has 1 aromatic heterocycles. The summed E-state index contributed by atoms with van der Waals surface area (Å²) in [6.45, 7) is 1.78. The van der Waals surface area contributed by atoms with Crippen molar-refractivity contribution in [3.8, 4) is 11.3 Å². The van der Waals surface area contributed by atoms with Gasteiger partial charge in [0.25, 0.3) is 5.91 Å². The second-order valence-corrected chi connectivity index (χ2v) is 5.61. The smallest absolute Gasteiger partial charge is 0.257 e. The minimum Gasteiger partial charge on any atom is -0.337 e. The molecule has 0 aliphatic carbocycles. The number of aromatic amines is 1. The number of H-pyrrole nitrogens is 1. The fourth-order valence-corrected chi connectivity index (χ4v) is 2.87. The first-order chi connectivity index (χ1) is 10.2. The Morgan fingerprint density at radius 1 is 1.43 bits per heavy atom. The molecule has 21 heavy (non-hydrogen) atoms. The molecule has 1 aromatic carbocycles. The van der Waals surface area contributed by atoms with Gasteiger partial charge >= 0.3 is 0 Å². The normalized spacial score (nSPS) is 17.9. The van der Waals surface area contributed by atoms with Crippen molar-refractivity contribution in [3.05, 3.63) is 41.0 Å². The summed E-state index contributed by atoms with van der Waals surface area (Å²) in [6.07, 6.45) is 2.54. The van der Waals surface area contributed by atoms with Gasteiger partial charge < -0.3 is 10.2 Å². The number of nitrogens with zero attached hydrogens (tertiary/aromatic N) is 2. The Labute approximate surface area is 128 Å². The summed E-state index contributed by atoms with van der Waals surface area (Å²) in [7, 11) is 1.84. The first-order valence-electron chi connectivity index (χ1n) is 6.94. The Kier molecular flexibility index (Phi) is 3.94. The molecular formula is C15H17ClN4O. The van der Waals surface area contributed by atoms with Gasteiger partial charge in [0, 0.05) is 30.2 Å². The predicted octanol–water partition coefficient (Wildman–Crippen LogP) is 2.16. The lowest BCUT2D eigenvalue weighted by Gasteiger charge is -2.23. The molecule has 0 spiro atoms. The fourth-order valence-electron chi connectivity index (χ4n) is 2.64. The first-order valence-corrected chi connectivity index (χ1v) is 7.32. The number of aromatic nitrogens is 2. The van der Waals surface area contributed by atoms with Crippen LogP contribution >= 0.6 is 11.6 Å². The second kappa shape index (κ2) is 5.87. The van der Waals surface area contributed by atoms with Crippen LogP contribution in [0.1, 0.15) is 16.8 Å². The molecule has 1 aliphatic heterocycles. The lowest BCUT2D eigenvalue weighted by Crippen LogP contribution is -2.38. The van der Waals surface area contributed by atoms with Crippen LogP contribution in [0.3, 0.4) is 0 Å². The summed E-state index contributed by atoms with van der Waals surface area (Å²) in [4.78, 5) is 14.5. The molecule has 1 fully saturated rings. The maximum Gasteiger partial charge on any atom is 0.257 e. The Morgan fingerprint density at radius 3 is 2.95 bits per heavy atom. The molecule has 1 amide bonds. The third-order valence-electron chi connectivity index (χ3n) is 3.92. The van der Waals surface area contributed by atoms with Gasteiger partial charge in [-0.2, -0.15) is 5.10 Å². The van der Waals surface area contributed by atoms with Crippen LogP contribution in [0.5, 0.6) is 0 Å². The van der Waals surface area contributed by atoms with Gasteiger partial charge in [0.15, 0.2) is 0 Å². The highest BCUT2D eigenvalue weighted by Crippen LogP contribution is 2.29. The number of carbonyl (C=O) groups is 1. The summed E-state index contributed by atoms with van der Waals surface area (Å²) in [5.74, 6) is -0.0348. The van der Waals surface area contributed by atoms with Crippen LogP contribution in [0.4, 0.5) is 0 Å². The van der Waals surface area contributed by atoms with Crippen molar-refractivity contribution in [1.82, 2.24) is 20.4 Å². The number of carbonyl (C=O) groups excluding carboxylic acids is 1. The SMILES string of the molecule is CN(C(=O)c1cn[nH]c1-c1ccccc1Cl)[C@H]1CCNC1. The van der Waals surface area contributed by atoms with Crippen LogP contribution in [0, 0.1) is 0 Å². The van der Waals surface area contributed by atoms with Gasteiger partial charge in [-0.25, -0.2) is 0 Å². The number of likely N-dealkylation sites (N-methyl/N-ethyl adjacent to an activating group) is 1. The molecule has 0 unspecified atom stereocenters. The first kappa shape index (κ1) is 14.1. The van der Waals surface area contributed by atoms with Crippen molar-refractivity contribution in [3.63, 3.8) is 0 Å². The molecule has 1 atom stereocenters. The summed E-state index contributed by atoms with van der Waals surface area (Å²) in [5.41, 5.74) is 2.01. The van der Waals surface area contributed by atoms with Crippen molar-refractivity contribution in [2.45, 2.75) is 12.5 Å². The lowest BCUT2D eigenvalue weighted by atomic mass is 10.1. The highest BCUT2D eigenvalue weighted by Gasteiger charge is 2.27. The Balaban J connectivity index is 1.92. The quantitative estimate of drug-likeness (QED) is 0.913. The average Bonchev–Trinajstić information content (AvgIpc) is 3.17. The van der Waals surface area contributed by atoms with Gasteiger partial charge in [0.2, 0.25) is 0 Å². The highest BCUT2D eigenvalue weighted by atomic mass is 35.5. The topological polar surface area (TPSA) is 61.0 Å². The van der Waals surface area contributed by atoms with E-state index in [1.165, 1.54) is 0 Å². The van der Waals surface area contributed by atoms with Crippen molar-refractivity contribution in [1.29, 1.82) is 0 Å². The van der Waals surface area contributed by atoms with Crippen LogP contribution in [0.25, 0.3) is 11.3 Å². The molecule has 0 saturated carbocycles. The van der Waals surface area contributed by atoms with E-state index in [2.05, 4.69) is 15.5 Å². The van der Waals surface area contributed by atoms with E-state index in [0.29, 0.717) is 16.3 Å². The predicted molar refractivity (Wildman–Crippen MR) is 82.4 cm³/mol. The molecule has 3 rings (SSSR count). The number of rotatable bonds is 3. The zero-order chi connectivity index (χ0) is 14.8. The van der Waals surface area contributed by atoms with Gasteiger partial charge in [-0.15, -0.1) is 0 Å². The van der Waals surface area contributed by atoms with Crippen LogP contribution in [0.2, 0.25) is 5.02 Å². The molecule has 0 radical (unpaired) electrons. The summed E-state index contributed by atoms with van der Waals surface area (Å²) < 4.78 is 0. The summed E-state index contributed by atoms with van der Waals surface area (Å²) >= 11 is 6.22. The molecule has 5 nitrogen and oxygen atoms in total. The van der Waals surface area contributed by atoms with Crippen LogP contribution in [0.15, 0.2) is 30.5 Å². The van der Waals surface area contributed by atoms with E-state index in [1.807, 2.05) is 25.2 Å². The Hall–Kier alpha value is -1.85. The molecule has 1 saturated heterocycles. The number of nitrogens with one attached hydrogen (secondary N) is 2. The molecule has 2 N–H and O–H groups in total. The molecule has 6 heteroatoms. The third kappa shape index (κ3) is 2.66. The number of halogens is 1. The zero-order valence-corrected chi connectivity index (χ0v) is 12.5. The van der Waals surface area contributed by atoms with Crippen LogP contribution in [-0.4, -0.2) is 47.2 Å². The van der Waals surface area contributed by atoms with Crippen LogP contribution < -0.4 is 5.32 Å². The standard InChI is InChI=1S/C15H17ClN4O/c1-20(10-6-7-17-8-10)15(21)12-9-18-19-14(12)11-4-2-3-5-13(11)16/h2-5,9-10,17H,6-8H2,1H3,(H,18,19)/t10-/m0/s1. The highest BCUT2D eigenvalue weighted by molar-refractivity contribution is 6.33. The summed E-state index contributed by atoms with van der Waals surface area (Å²) in [5, 5.41) is 10.8. The largest absolute Gasteiger partial charge is 0.337 e. The number of benzene rings is 1. The molecule has 2 heterocycles. The Bertz CT molecular complexity index is 649. The van der Waals surface area contributed by atoms with Gasteiger partial charge in [-0.3, -0.25) is 9.89 Å². The summed E-state index contributed by atoms with van der Waals surface area (Å²) in [6, 6.07) is 7.66. The minimum absolute atomic E-state index is 0.0348. The fraction of sp³-hybridized carbons (Fsp3) is 0.333. The van der Waals surface area contributed by atoms with E-state index in [4.69, 9.17) is 11.6 Å². The van der Waals surface area contributed by atoms with E-state index in [1.54, 1.807) is 17.2 Å². The van der Waals surface area contributed by atoms with Crippen molar-refractivity contribution >= 4 is 17.5 Å². The molecule has 110 valence electrons. The number of hydrogen-bond donors (Lipinski definition) is 2. The van der Waals surface area contributed by atoms with Crippen molar-refractivity contribution < 1.29 is 4.79 Å². The Morgan fingerprint density at radius 2 is 2.24 bits per heavy atom. The minimum atomic E-state index is -0.0348. The number of amides is 1. The maximum atomic E-state index is 12.7.